The first kappa shape index (κ1) is 15.3. The van der Waals surface area contributed by atoms with E-state index in [0.29, 0.717) is 18.8 Å². The van der Waals surface area contributed by atoms with Gasteiger partial charge in [0, 0.05) is 0 Å². The number of nitrogens with zero attached hydrogens (tertiary/aromatic N) is 1. The van der Waals surface area contributed by atoms with Crippen LogP contribution in [0.3, 0.4) is 0 Å². The van der Waals surface area contributed by atoms with E-state index in [1.165, 1.54) is 12.1 Å². The largest absolute Gasteiger partial charge is 0.320 e. The number of benzene rings is 1. The zero-order chi connectivity index (χ0) is 15.3. The quantitative estimate of drug-likeness (QED) is 0.888. The number of hydrogen-bond donors (Lipinski definition) is 2. The minimum absolute atomic E-state index is 0.116. The summed E-state index contributed by atoms with van der Waals surface area (Å²) in [6, 6.07) is 7.67. The second kappa shape index (κ2) is 6.57. The maximum atomic E-state index is 13.5. The number of halogens is 1. The fraction of sp³-hybridized carbons (Fsp3) is 0.500. The number of rotatable bonds is 3. The SMILES string of the molecule is CCC1CCC(C#N)(NC(=O)Nc2ccccc2F)CC1. The van der Waals surface area contributed by atoms with Crippen molar-refractivity contribution < 1.29 is 9.18 Å². The van der Waals surface area contributed by atoms with E-state index in [1.807, 2.05) is 0 Å². The van der Waals surface area contributed by atoms with Gasteiger partial charge in [-0.3, -0.25) is 0 Å². The zero-order valence-corrected chi connectivity index (χ0v) is 12.2. The third-order valence-electron chi connectivity index (χ3n) is 4.22. The van der Waals surface area contributed by atoms with Gasteiger partial charge in [-0.15, -0.1) is 0 Å². The Morgan fingerprint density at radius 1 is 1.43 bits per heavy atom. The van der Waals surface area contributed by atoms with Crippen molar-refractivity contribution in [2.45, 2.75) is 44.6 Å². The zero-order valence-electron chi connectivity index (χ0n) is 12.2. The molecule has 2 N–H and O–H groups in total. The van der Waals surface area contributed by atoms with Crippen LogP contribution >= 0.6 is 0 Å². The summed E-state index contributed by atoms with van der Waals surface area (Å²) in [7, 11) is 0. The number of urea groups is 1. The molecule has 0 aromatic heterocycles. The Labute approximate surface area is 124 Å². The van der Waals surface area contributed by atoms with Gasteiger partial charge in [-0.1, -0.05) is 25.5 Å². The van der Waals surface area contributed by atoms with Crippen LogP contribution in [-0.2, 0) is 0 Å². The molecule has 1 aliphatic carbocycles. The summed E-state index contributed by atoms with van der Waals surface area (Å²) in [4.78, 5) is 12.0. The lowest BCUT2D eigenvalue weighted by Crippen LogP contribution is -2.51. The minimum Gasteiger partial charge on any atom is -0.319 e. The number of nitriles is 1. The lowest BCUT2D eigenvalue weighted by Gasteiger charge is -2.35. The average molecular weight is 289 g/mol. The second-order valence-corrected chi connectivity index (χ2v) is 5.60. The molecule has 21 heavy (non-hydrogen) atoms. The highest BCUT2D eigenvalue weighted by Gasteiger charge is 2.36. The molecule has 0 aliphatic heterocycles. The maximum Gasteiger partial charge on any atom is 0.320 e. The topological polar surface area (TPSA) is 64.9 Å². The average Bonchev–Trinajstić information content (AvgIpc) is 2.50. The van der Waals surface area contributed by atoms with E-state index < -0.39 is 17.4 Å². The molecule has 0 saturated heterocycles. The number of carbonyl (C=O) groups excluding carboxylic acids is 1. The van der Waals surface area contributed by atoms with E-state index in [1.54, 1.807) is 12.1 Å². The van der Waals surface area contributed by atoms with Crippen molar-refractivity contribution in [3.8, 4) is 6.07 Å². The monoisotopic (exact) mass is 289 g/mol. The molecule has 0 atom stereocenters. The van der Waals surface area contributed by atoms with E-state index in [4.69, 9.17) is 0 Å². The number of para-hydroxylation sites is 1. The fourth-order valence-electron chi connectivity index (χ4n) is 2.78. The van der Waals surface area contributed by atoms with Gasteiger partial charge < -0.3 is 10.6 Å². The van der Waals surface area contributed by atoms with E-state index in [0.717, 1.165) is 19.3 Å². The van der Waals surface area contributed by atoms with Crippen LogP contribution in [0.2, 0.25) is 0 Å². The van der Waals surface area contributed by atoms with Gasteiger partial charge in [0.2, 0.25) is 0 Å². The van der Waals surface area contributed by atoms with Crippen molar-refractivity contribution in [3.05, 3.63) is 30.1 Å². The van der Waals surface area contributed by atoms with Gasteiger partial charge in [-0.2, -0.15) is 5.26 Å². The van der Waals surface area contributed by atoms with E-state index in [2.05, 4.69) is 23.6 Å². The highest BCUT2D eigenvalue weighted by molar-refractivity contribution is 5.90. The summed E-state index contributed by atoms with van der Waals surface area (Å²) in [6.45, 7) is 2.14. The summed E-state index contributed by atoms with van der Waals surface area (Å²) in [5, 5.41) is 14.6. The number of anilines is 1. The van der Waals surface area contributed by atoms with Crippen molar-refractivity contribution in [2.24, 2.45) is 5.92 Å². The van der Waals surface area contributed by atoms with Gasteiger partial charge in [0.1, 0.15) is 11.4 Å². The summed E-state index contributed by atoms with van der Waals surface area (Å²) in [6.07, 6.45) is 4.26. The van der Waals surface area contributed by atoms with Crippen LogP contribution in [0, 0.1) is 23.1 Å². The minimum atomic E-state index is -0.832. The normalized spacial score (nSPS) is 24.9. The molecule has 0 bridgehead atoms. The Balaban J connectivity index is 1.98. The Bertz CT molecular complexity index is 545. The molecule has 4 nitrogen and oxygen atoms in total. The second-order valence-electron chi connectivity index (χ2n) is 5.60. The molecule has 0 radical (unpaired) electrons. The van der Waals surface area contributed by atoms with Crippen molar-refractivity contribution in [2.75, 3.05) is 5.32 Å². The Morgan fingerprint density at radius 3 is 2.67 bits per heavy atom. The van der Waals surface area contributed by atoms with Crippen molar-refractivity contribution in [1.82, 2.24) is 5.32 Å². The summed E-state index contributed by atoms with van der Waals surface area (Å²) >= 11 is 0. The molecule has 1 aromatic rings. The van der Waals surface area contributed by atoms with Crippen LogP contribution < -0.4 is 10.6 Å². The highest BCUT2D eigenvalue weighted by Crippen LogP contribution is 2.33. The smallest absolute Gasteiger partial charge is 0.319 e. The Kier molecular flexibility index (Phi) is 4.79. The Hall–Kier alpha value is -2.09. The van der Waals surface area contributed by atoms with Crippen molar-refractivity contribution in [3.63, 3.8) is 0 Å². The first-order valence-corrected chi connectivity index (χ1v) is 7.33. The molecule has 1 saturated carbocycles. The molecule has 1 fully saturated rings. The van der Waals surface area contributed by atoms with Gasteiger partial charge in [0.05, 0.1) is 11.8 Å². The highest BCUT2D eigenvalue weighted by atomic mass is 19.1. The number of nitrogens with one attached hydrogen (secondary N) is 2. The molecule has 2 rings (SSSR count). The standard InChI is InChI=1S/C16H20FN3O/c1-2-12-7-9-16(11-18,10-8-12)20-15(21)19-14-6-4-3-5-13(14)17/h3-6,12H,2,7-10H2,1H3,(H2,19,20,21). The third kappa shape index (κ3) is 3.72. The molecule has 0 heterocycles. The Morgan fingerprint density at radius 2 is 2.10 bits per heavy atom. The predicted octanol–water partition coefficient (Wildman–Crippen LogP) is 3.81. The maximum absolute atomic E-state index is 13.5. The third-order valence-corrected chi connectivity index (χ3v) is 4.22. The predicted molar refractivity (Wildman–Crippen MR) is 79.1 cm³/mol. The molecule has 0 spiro atoms. The van der Waals surface area contributed by atoms with Crippen molar-refractivity contribution >= 4 is 11.7 Å². The fourth-order valence-corrected chi connectivity index (χ4v) is 2.78. The molecule has 2 amide bonds. The van der Waals surface area contributed by atoms with Crippen LogP contribution in [0.25, 0.3) is 0 Å². The summed E-state index contributed by atoms with van der Waals surface area (Å²) in [5.74, 6) is 0.135. The lowest BCUT2D eigenvalue weighted by molar-refractivity contribution is 0.216. The molecule has 5 heteroatoms. The van der Waals surface area contributed by atoms with E-state index in [9.17, 15) is 14.4 Å². The van der Waals surface area contributed by atoms with E-state index >= 15 is 0 Å². The molecule has 0 unspecified atom stereocenters. The van der Waals surface area contributed by atoms with Crippen LogP contribution in [0.5, 0.6) is 0 Å². The van der Waals surface area contributed by atoms with Gasteiger partial charge in [0.25, 0.3) is 0 Å². The van der Waals surface area contributed by atoms with Gasteiger partial charge >= 0.3 is 6.03 Å². The van der Waals surface area contributed by atoms with Crippen LogP contribution in [0.4, 0.5) is 14.9 Å². The van der Waals surface area contributed by atoms with Crippen LogP contribution in [0.15, 0.2) is 24.3 Å². The molecule has 112 valence electrons. The first-order chi connectivity index (χ1) is 10.1. The molecular formula is C16H20FN3O. The number of carbonyl (C=O) groups is 1. The first-order valence-electron chi connectivity index (χ1n) is 7.33. The van der Waals surface area contributed by atoms with Crippen LogP contribution in [0.1, 0.15) is 39.0 Å². The van der Waals surface area contributed by atoms with E-state index in [-0.39, 0.29) is 5.69 Å². The van der Waals surface area contributed by atoms with Gasteiger partial charge in [-0.25, -0.2) is 9.18 Å². The number of hydrogen-bond acceptors (Lipinski definition) is 2. The lowest BCUT2D eigenvalue weighted by atomic mass is 9.76. The summed E-state index contributed by atoms with van der Waals surface area (Å²) in [5.41, 5.74) is -0.716. The molecule has 1 aliphatic rings. The van der Waals surface area contributed by atoms with Crippen molar-refractivity contribution in [1.29, 1.82) is 5.26 Å². The molecular weight excluding hydrogens is 269 g/mol. The van der Waals surface area contributed by atoms with Gasteiger partial charge in [-0.05, 0) is 43.7 Å². The molecule has 1 aromatic carbocycles. The summed E-state index contributed by atoms with van der Waals surface area (Å²) < 4.78 is 13.5. The number of amides is 2. The van der Waals surface area contributed by atoms with Gasteiger partial charge in [0.15, 0.2) is 0 Å². The van der Waals surface area contributed by atoms with Crippen LogP contribution in [-0.4, -0.2) is 11.6 Å².